The summed E-state index contributed by atoms with van der Waals surface area (Å²) in [5.41, 5.74) is 0.828. The molecule has 0 saturated carbocycles. The van der Waals surface area contributed by atoms with E-state index in [1.54, 1.807) is 4.90 Å². The fourth-order valence-electron chi connectivity index (χ4n) is 3.30. The van der Waals surface area contributed by atoms with E-state index in [0.717, 1.165) is 5.57 Å². The minimum atomic E-state index is -2.32. The molecule has 1 aliphatic carbocycles. The molecule has 2 aliphatic rings. The van der Waals surface area contributed by atoms with Crippen LogP contribution in [-0.2, 0) is 4.74 Å². The number of carbonyl (C=O) groups excluding carboxylic acids is 1. The van der Waals surface area contributed by atoms with Crippen LogP contribution in [0.5, 0.6) is 5.88 Å². The van der Waals surface area contributed by atoms with Crippen LogP contribution in [0.15, 0.2) is 12.3 Å². The highest BCUT2D eigenvalue weighted by Crippen LogP contribution is 2.42. The minimum absolute atomic E-state index is 0.0494. The zero-order chi connectivity index (χ0) is 20.0. The summed E-state index contributed by atoms with van der Waals surface area (Å²) in [6, 6.07) is 0. The summed E-state index contributed by atoms with van der Waals surface area (Å²) < 4.78 is 33.4. The Labute approximate surface area is 147 Å². The first-order valence-corrected chi connectivity index (χ1v) is 8.08. The summed E-state index contributed by atoms with van der Waals surface area (Å²) in [5, 5.41) is 0. The van der Waals surface area contributed by atoms with E-state index in [0.29, 0.717) is 31.1 Å². The number of fused-ring (bicyclic) bond motifs is 1. The summed E-state index contributed by atoms with van der Waals surface area (Å²) in [5.74, 6) is 0.768. The number of amides is 1. The van der Waals surface area contributed by atoms with Gasteiger partial charge in [-0.3, -0.25) is 0 Å². The standard InChI is InChI=1S/C18H25N3O3/c1-11-8-19-16(23-5)15(20-11)12-6-13-9-21(10-14(13)7-12)17(22)24-18(2,3)4/h6,8,13-14H,7,9-10H2,1-5H3/i1D3. The van der Waals surface area contributed by atoms with Crippen LogP contribution < -0.4 is 4.74 Å². The van der Waals surface area contributed by atoms with E-state index in [1.807, 2.05) is 20.8 Å². The number of likely N-dealkylation sites (tertiary alicyclic amines) is 1. The third kappa shape index (κ3) is 3.37. The summed E-state index contributed by atoms with van der Waals surface area (Å²) in [6.07, 6.45) is 3.69. The molecule has 1 fully saturated rings. The lowest BCUT2D eigenvalue weighted by Gasteiger charge is -2.24. The smallest absolute Gasteiger partial charge is 0.410 e. The molecule has 130 valence electrons. The van der Waals surface area contributed by atoms with Gasteiger partial charge in [-0.1, -0.05) is 6.08 Å². The quantitative estimate of drug-likeness (QED) is 0.831. The average Bonchev–Trinajstić information content (AvgIpc) is 3.10. The minimum Gasteiger partial charge on any atom is -0.479 e. The number of hydrogen-bond acceptors (Lipinski definition) is 5. The lowest BCUT2D eigenvalue weighted by atomic mass is 9.99. The van der Waals surface area contributed by atoms with Gasteiger partial charge in [0.2, 0.25) is 5.88 Å². The van der Waals surface area contributed by atoms with Crippen molar-refractivity contribution < 1.29 is 18.4 Å². The monoisotopic (exact) mass is 334 g/mol. The van der Waals surface area contributed by atoms with Crippen molar-refractivity contribution in [2.75, 3.05) is 20.2 Å². The maximum atomic E-state index is 12.3. The summed E-state index contributed by atoms with van der Waals surface area (Å²) in [4.78, 5) is 22.4. The van der Waals surface area contributed by atoms with E-state index < -0.39 is 12.5 Å². The first-order valence-electron chi connectivity index (χ1n) is 9.58. The predicted molar refractivity (Wildman–Crippen MR) is 90.7 cm³/mol. The summed E-state index contributed by atoms with van der Waals surface area (Å²) in [6.45, 7) is 4.41. The van der Waals surface area contributed by atoms with Gasteiger partial charge in [-0.2, -0.15) is 0 Å². The number of hydrogen-bond donors (Lipinski definition) is 0. The molecule has 1 aromatic heterocycles. The van der Waals surface area contributed by atoms with Crippen LogP contribution >= 0.6 is 0 Å². The number of ether oxygens (including phenoxy) is 2. The van der Waals surface area contributed by atoms with Crippen molar-refractivity contribution in [2.45, 2.75) is 39.6 Å². The van der Waals surface area contributed by atoms with E-state index in [9.17, 15) is 4.79 Å². The molecular weight excluding hydrogens is 306 g/mol. The highest BCUT2D eigenvalue weighted by molar-refractivity contribution is 5.72. The maximum absolute atomic E-state index is 12.3. The highest BCUT2D eigenvalue weighted by Gasteiger charge is 2.40. The van der Waals surface area contributed by atoms with Crippen molar-refractivity contribution in [3.05, 3.63) is 23.7 Å². The second kappa shape index (κ2) is 6.07. The van der Waals surface area contributed by atoms with E-state index in [4.69, 9.17) is 13.6 Å². The lowest BCUT2D eigenvalue weighted by molar-refractivity contribution is 0.0285. The average molecular weight is 334 g/mol. The van der Waals surface area contributed by atoms with Gasteiger partial charge in [0.05, 0.1) is 19.0 Å². The maximum Gasteiger partial charge on any atom is 0.410 e. The zero-order valence-electron chi connectivity index (χ0n) is 17.5. The first-order chi connectivity index (χ1) is 12.5. The molecule has 2 atom stereocenters. The van der Waals surface area contributed by atoms with Crippen molar-refractivity contribution in [1.29, 1.82) is 0 Å². The Morgan fingerprint density at radius 2 is 2.21 bits per heavy atom. The van der Waals surface area contributed by atoms with Crippen LogP contribution in [0.4, 0.5) is 4.79 Å². The first kappa shape index (κ1) is 13.2. The molecule has 3 rings (SSSR count). The molecule has 6 heteroatoms. The van der Waals surface area contributed by atoms with Gasteiger partial charge in [0.15, 0.2) is 0 Å². The van der Waals surface area contributed by atoms with Gasteiger partial charge in [0.25, 0.3) is 0 Å². The lowest BCUT2D eigenvalue weighted by Crippen LogP contribution is -2.35. The predicted octanol–water partition coefficient (Wildman–Crippen LogP) is 3.06. The molecule has 0 aromatic carbocycles. The van der Waals surface area contributed by atoms with Crippen LogP contribution in [0.1, 0.15) is 42.7 Å². The molecule has 2 unspecified atom stereocenters. The largest absolute Gasteiger partial charge is 0.479 e. The Balaban J connectivity index is 1.79. The van der Waals surface area contributed by atoms with Gasteiger partial charge in [-0.15, -0.1) is 0 Å². The molecule has 0 bridgehead atoms. The molecule has 6 nitrogen and oxygen atoms in total. The third-order valence-corrected chi connectivity index (χ3v) is 4.28. The van der Waals surface area contributed by atoms with Crippen molar-refractivity contribution in [3.8, 4) is 5.88 Å². The second-order valence-electron chi connectivity index (χ2n) is 7.32. The SMILES string of the molecule is [2H]C([2H])([2H])c1cnc(OC)c(C2=CC3CN(C(=O)OC(C)(C)C)CC3C2)n1. The third-order valence-electron chi connectivity index (χ3n) is 4.28. The number of carbonyl (C=O) groups is 1. The molecule has 1 aromatic rings. The van der Waals surface area contributed by atoms with Crippen molar-refractivity contribution >= 4 is 11.7 Å². The Morgan fingerprint density at radius 1 is 1.42 bits per heavy atom. The van der Waals surface area contributed by atoms with Crippen LogP contribution in [0.25, 0.3) is 5.57 Å². The Bertz CT molecular complexity index is 771. The number of aryl methyl sites for hydroxylation is 1. The Morgan fingerprint density at radius 3 is 2.83 bits per heavy atom. The molecule has 1 saturated heterocycles. The molecule has 0 radical (unpaired) electrons. The summed E-state index contributed by atoms with van der Waals surface area (Å²) in [7, 11) is 1.49. The number of methoxy groups -OCH3 is 1. The van der Waals surface area contributed by atoms with Crippen molar-refractivity contribution in [2.24, 2.45) is 11.8 Å². The highest BCUT2D eigenvalue weighted by atomic mass is 16.6. The fourth-order valence-corrected chi connectivity index (χ4v) is 3.30. The van der Waals surface area contributed by atoms with Gasteiger partial charge in [0, 0.05) is 23.1 Å². The Kier molecular flexibility index (Phi) is 3.34. The number of aromatic nitrogens is 2. The Hall–Kier alpha value is -2.11. The molecular formula is C18H25N3O3. The number of allylic oxidation sites excluding steroid dienone is 1. The molecule has 0 N–H and O–H groups in total. The number of rotatable bonds is 2. The van der Waals surface area contributed by atoms with Gasteiger partial charge >= 0.3 is 6.09 Å². The molecule has 24 heavy (non-hydrogen) atoms. The second-order valence-corrected chi connectivity index (χ2v) is 7.32. The number of nitrogens with zero attached hydrogens (tertiary/aromatic N) is 3. The normalized spacial score (nSPS) is 25.4. The van der Waals surface area contributed by atoms with E-state index in [-0.39, 0.29) is 23.6 Å². The van der Waals surface area contributed by atoms with E-state index in [2.05, 4.69) is 16.0 Å². The van der Waals surface area contributed by atoms with Crippen LogP contribution in [0.3, 0.4) is 0 Å². The van der Waals surface area contributed by atoms with Crippen LogP contribution in [0.2, 0.25) is 0 Å². The van der Waals surface area contributed by atoms with E-state index >= 15 is 0 Å². The van der Waals surface area contributed by atoms with Crippen molar-refractivity contribution in [3.63, 3.8) is 0 Å². The topological polar surface area (TPSA) is 64.5 Å². The van der Waals surface area contributed by atoms with Gasteiger partial charge in [-0.25, -0.2) is 14.8 Å². The molecule has 1 aliphatic heterocycles. The zero-order valence-corrected chi connectivity index (χ0v) is 14.5. The molecule has 2 heterocycles. The van der Waals surface area contributed by atoms with E-state index in [1.165, 1.54) is 13.3 Å². The summed E-state index contributed by atoms with van der Waals surface area (Å²) >= 11 is 0. The van der Waals surface area contributed by atoms with Gasteiger partial charge < -0.3 is 14.4 Å². The van der Waals surface area contributed by atoms with Gasteiger partial charge in [0.1, 0.15) is 11.3 Å². The van der Waals surface area contributed by atoms with Gasteiger partial charge in [-0.05, 0) is 45.5 Å². The van der Waals surface area contributed by atoms with Crippen molar-refractivity contribution in [1.82, 2.24) is 14.9 Å². The van der Waals surface area contributed by atoms with Crippen LogP contribution in [-0.4, -0.2) is 46.8 Å². The van der Waals surface area contributed by atoms with Crippen LogP contribution in [0, 0.1) is 18.7 Å². The molecule has 0 spiro atoms. The fraction of sp³-hybridized carbons (Fsp3) is 0.611. The molecule has 1 amide bonds.